The number of rotatable bonds is 6. The van der Waals surface area contributed by atoms with E-state index in [1.165, 1.54) is 0 Å². The van der Waals surface area contributed by atoms with Crippen LogP contribution in [0.2, 0.25) is 5.02 Å². The van der Waals surface area contributed by atoms with Gasteiger partial charge in [-0.3, -0.25) is 0 Å². The van der Waals surface area contributed by atoms with Gasteiger partial charge in [0.25, 0.3) is 0 Å². The standard InChI is InChI=1S/C20H25ClN2O/c1-7-13(2)12-23-17-19(3,4)18(20(17,5)6)24-15-9-8-14(11-22)16(21)10-15/h7-10,17-18,23H,1-2,12H2,3-6H3. The molecule has 0 radical (unpaired) electrons. The van der Waals surface area contributed by atoms with Gasteiger partial charge in [0.2, 0.25) is 0 Å². The SMILES string of the molecule is C=CC(=C)CNC1C(C)(C)C(Oc2ccc(C#N)c(Cl)c2)C1(C)C. The molecule has 1 aliphatic carbocycles. The third kappa shape index (κ3) is 3.22. The molecule has 0 unspecified atom stereocenters. The van der Waals surface area contributed by atoms with Crippen LogP contribution in [0.15, 0.2) is 43.0 Å². The zero-order valence-electron chi connectivity index (χ0n) is 14.8. The van der Waals surface area contributed by atoms with Gasteiger partial charge in [-0.05, 0) is 17.7 Å². The van der Waals surface area contributed by atoms with E-state index in [2.05, 4.69) is 52.2 Å². The Kier molecular flexibility index (Phi) is 5.13. The van der Waals surface area contributed by atoms with Crippen LogP contribution in [-0.4, -0.2) is 18.7 Å². The van der Waals surface area contributed by atoms with Crippen LogP contribution in [0.4, 0.5) is 0 Å². The fourth-order valence-electron chi connectivity index (χ4n) is 4.06. The molecule has 2 rings (SSSR count). The lowest BCUT2D eigenvalue weighted by atomic mass is 9.49. The summed E-state index contributed by atoms with van der Waals surface area (Å²) in [6.45, 7) is 17.2. The first kappa shape index (κ1) is 18.6. The molecule has 0 aromatic heterocycles. The minimum Gasteiger partial charge on any atom is -0.489 e. The van der Waals surface area contributed by atoms with Gasteiger partial charge in [-0.2, -0.15) is 5.26 Å². The molecule has 1 aromatic rings. The van der Waals surface area contributed by atoms with Gasteiger partial charge in [-0.15, -0.1) is 0 Å². The predicted octanol–water partition coefficient (Wildman–Crippen LogP) is 4.73. The van der Waals surface area contributed by atoms with Gasteiger partial charge in [0, 0.05) is 29.5 Å². The van der Waals surface area contributed by atoms with Crippen LogP contribution >= 0.6 is 11.6 Å². The van der Waals surface area contributed by atoms with Crippen molar-refractivity contribution in [2.75, 3.05) is 6.54 Å². The molecule has 24 heavy (non-hydrogen) atoms. The molecular weight excluding hydrogens is 320 g/mol. The van der Waals surface area contributed by atoms with E-state index in [9.17, 15) is 0 Å². The van der Waals surface area contributed by atoms with Gasteiger partial charge in [0.1, 0.15) is 17.9 Å². The second kappa shape index (κ2) is 6.63. The van der Waals surface area contributed by atoms with Crippen molar-refractivity contribution in [2.45, 2.75) is 39.8 Å². The normalized spacial score (nSPS) is 23.7. The zero-order chi connectivity index (χ0) is 18.1. The second-order valence-electron chi connectivity index (χ2n) is 7.57. The largest absolute Gasteiger partial charge is 0.489 e. The summed E-state index contributed by atoms with van der Waals surface area (Å²) in [5.41, 5.74) is 1.33. The molecule has 0 heterocycles. The van der Waals surface area contributed by atoms with Gasteiger partial charge in [0.05, 0.1) is 10.6 Å². The van der Waals surface area contributed by atoms with E-state index in [-0.39, 0.29) is 16.9 Å². The van der Waals surface area contributed by atoms with Crippen LogP contribution in [0.25, 0.3) is 0 Å². The molecule has 128 valence electrons. The molecule has 3 nitrogen and oxygen atoms in total. The Hall–Kier alpha value is -1.76. The fraction of sp³-hybridized carbons (Fsp3) is 0.450. The van der Waals surface area contributed by atoms with E-state index in [0.29, 0.717) is 22.4 Å². The highest BCUT2D eigenvalue weighted by Gasteiger charge is 2.63. The molecular formula is C20H25ClN2O. The smallest absolute Gasteiger partial charge is 0.121 e. The van der Waals surface area contributed by atoms with Gasteiger partial charge in [0.15, 0.2) is 0 Å². The summed E-state index contributed by atoms with van der Waals surface area (Å²) in [6.07, 6.45) is 1.81. The zero-order valence-corrected chi connectivity index (χ0v) is 15.6. The van der Waals surface area contributed by atoms with Crippen molar-refractivity contribution in [2.24, 2.45) is 10.8 Å². The first-order chi connectivity index (χ1) is 11.1. The third-order valence-corrected chi connectivity index (χ3v) is 5.29. The van der Waals surface area contributed by atoms with E-state index < -0.39 is 0 Å². The number of nitrogens with zero attached hydrogens (tertiary/aromatic N) is 1. The summed E-state index contributed by atoms with van der Waals surface area (Å²) >= 11 is 6.11. The van der Waals surface area contributed by atoms with Crippen molar-refractivity contribution >= 4 is 11.6 Å². The summed E-state index contributed by atoms with van der Waals surface area (Å²) in [5, 5.41) is 13.0. The molecule has 0 atom stereocenters. The summed E-state index contributed by atoms with van der Waals surface area (Å²) in [4.78, 5) is 0. The summed E-state index contributed by atoms with van der Waals surface area (Å²) in [6, 6.07) is 7.57. The van der Waals surface area contributed by atoms with Gasteiger partial charge >= 0.3 is 0 Å². The average Bonchev–Trinajstić information content (AvgIpc) is 2.51. The Morgan fingerprint density at radius 2 is 2.00 bits per heavy atom. The molecule has 0 saturated heterocycles. The Morgan fingerprint density at radius 1 is 1.38 bits per heavy atom. The molecule has 4 heteroatoms. The van der Waals surface area contributed by atoms with Crippen molar-refractivity contribution in [3.63, 3.8) is 0 Å². The average molecular weight is 345 g/mol. The van der Waals surface area contributed by atoms with Gasteiger partial charge < -0.3 is 10.1 Å². The van der Waals surface area contributed by atoms with Crippen LogP contribution in [0.5, 0.6) is 5.75 Å². The van der Waals surface area contributed by atoms with E-state index in [0.717, 1.165) is 12.1 Å². The van der Waals surface area contributed by atoms with Crippen molar-refractivity contribution in [1.82, 2.24) is 5.32 Å². The highest BCUT2D eigenvalue weighted by atomic mass is 35.5. The van der Waals surface area contributed by atoms with Crippen LogP contribution in [-0.2, 0) is 0 Å². The maximum Gasteiger partial charge on any atom is 0.121 e. The molecule has 0 spiro atoms. The van der Waals surface area contributed by atoms with E-state index in [1.54, 1.807) is 24.3 Å². The maximum atomic E-state index is 8.98. The lowest BCUT2D eigenvalue weighted by Gasteiger charge is -2.63. The van der Waals surface area contributed by atoms with Crippen LogP contribution in [0, 0.1) is 22.2 Å². The monoisotopic (exact) mass is 344 g/mol. The second-order valence-corrected chi connectivity index (χ2v) is 7.98. The highest BCUT2D eigenvalue weighted by molar-refractivity contribution is 6.31. The van der Waals surface area contributed by atoms with E-state index in [4.69, 9.17) is 21.6 Å². The van der Waals surface area contributed by atoms with Crippen molar-refractivity contribution in [3.05, 3.63) is 53.6 Å². The first-order valence-corrected chi connectivity index (χ1v) is 8.42. The Balaban J connectivity index is 2.14. The minimum atomic E-state index is -0.0503. The number of hydrogen-bond acceptors (Lipinski definition) is 3. The van der Waals surface area contributed by atoms with Crippen LogP contribution in [0.3, 0.4) is 0 Å². The Bertz CT molecular complexity index is 684. The van der Waals surface area contributed by atoms with Crippen LogP contribution < -0.4 is 10.1 Å². The van der Waals surface area contributed by atoms with Crippen molar-refractivity contribution in [3.8, 4) is 11.8 Å². The molecule has 1 fully saturated rings. The summed E-state index contributed by atoms with van der Waals surface area (Å²) in [5.74, 6) is 0.694. The quantitative estimate of drug-likeness (QED) is 0.759. The van der Waals surface area contributed by atoms with Gasteiger partial charge in [-0.25, -0.2) is 0 Å². The fourth-order valence-corrected chi connectivity index (χ4v) is 4.27. The minimum absolute atomic E-state index is 0.0310. The van der Waals surface area contributed by atoms with Gasteiger partial charge in [-0.1, -0.05) is 58.5 Å². The maximum absolute atomic E-state index is 8.98. The predicted molar refractivity (Wildman–Crippen MR) is 99.3 cm³/mol. The third-order valence-electron chi connectivity index (χ3n) is 4.98. The van der Waals surface area contributed by atoms with Crippen molar-refractivity contribution < 1.29 is 4.74 Å². The van der Waals surface area contributed by atoms with Crippen molar-refractivity contribution in [1.29, 1.82) is 5.26 Å². The number of halogens is 1. The van der Waals surface area contributed by atoms with Crippen LogP contribution in [0.1, 0.15) is 33.3 Å². The van der Waals surface area contributed by atoms with E-state index >= 15 is 0 Å². The molecule has 0 bridgehead atoms. The summed E-state index contributed by atoms with van der Waals surface area (Å²) in [7, 11) is 0. The Morgan fingerprint density at radius 3 is 2.50 bits per heavy atom. The molecule has 1 aliphatic rings. The molecule has 1 aromatic carbocycles. The molecule has 1 N–H and O–H groups in total. The highest BCUT2D eigenvalue weighted by Crippen LogP contribution is 2.55. The number of nitriles is 1. The Labute approximate surface area is 150 Å². The molecule has 0 aliphatic heterocycles. The molecule has 0 amide bonds. The topological polar surface area (TPSA) is 45.0 Å². The number of nitrogens with one attached hydrogen (secondary N) is 1. The molecule has 1 saturated carbocycles. The lowest BCUT2D eigenvalue weighted by Crippen LogP contribution is -2.74. The number of ether oxygens (including phenoxy) is 1. The first-order valence-electron chi connectivity index (χ1n) is 8.04. The van der Waals surface area contributed by atoms with E-state index in [1.807, 2.05) is 0 Å². The number of benzene rings is 1. The lowest BCUT2D eigenvalue weighted by molar-refractivity contribution is -0.167. The summed E-state index contributed by atoms with van der Waals surface area (Å²) < 4.78 is 6.25. The number of hydrogen-bond donors (Lipinski definition) is 1.